The monoisotopic (exact) mass is 254 g/mol. The maximum absolute atomic E-state index is 11.5. The van der Waals surface area contributed by atoms with Crippen molar-refractivity contribution in [2.75, 3.05) is 0 Å². The first-order chi connectivity index (χ1) is 8.41. The molecule has 0 unspecified atom stereocenters. The van der Waals surface area contributed by atoms with E-state index in [1.165, 1.54) is 0 Å². The van der Waals surface area contributed by atoms with Crippen LogP contribution in [-0.2, 0) is 18.4 Å². The van der Waals surface area contributed by atoms with Gasteiger partial charge in [-0.05, 0) is 5.92 Å². The lowest BCUT2D eigenvalue weighted by molar-refractivity contribution is -0.140. The molecule has 1 atom stereocenters. The van der Waals surface area contributed by atoms with E-state index in [9.17, 15) is 9.59 Å². The lowest BCUT2D eigenvalue weighted by atomic mass is 10.1. The molecule has 0 bridgehead atoms. The molecule has 2 amide bonds. The van der Waals surface area contributed by atoms with Crippen LogP contribution < -0.4 is 10.6 Å². The number of hydrogen-bond acceptors (Lipinski definition) is 3. The Morgan fingerprint density at radius 1 is 1.50 bits per heavy atom. The smallest absolute Gasteiger partial charge is 0.326 e. The number of urea groups is 1. The zero-order valence-corrected chi connectivity index (χ0v) is 10.7. The number of carboxylic acid groups (broad SMARTS) is 1. The first-order valence-electron chi connectivity index (χ1n) is 5.65. The molecule has 3 N–H and O–H groups in total. The normalized spacial score (nSPS) is 12.2. The number of aliphatic carboxylic acids is 1. The fraction of sp³-hybridized carbons (Fsp3) is 0.545. The molecule has 0 aromatic carbocycles. The topological polar surface area (TPSA) is 96.3 Å². The van der Waals surface area contributed by atoms with Crippen molar-refractivity contribution in [2.45, 2.75) is 26.4 Å². The molecule has 1 heterocycles. The van der Waals surface area contributed by atoms with Gasteiger partial charge in [0.2, 0.25) is 0 Å². The van der Waals surface area contributed by atoms with E-state index in [0.717, 1.165) is 0 Å². The second-order valence-corrected chi connectivity index (χ2v) is 4.34. The molecule has 0 aliphatic rings. The maximum atomic E-state index is 11.5. The van der Waals surface area contributed by atoms with Gasteiger partial charge in [0.05, 0.1) is 6.54 Å². The van der Waals surface area contributed by atoms with Crippen molar-refractivity contribution in [1.29, 1.82) is 0 Å². The molecule has 7 nitrogen and oxygen atoms in total. The summed E-state index contributed by atoms with van der Waals surface area (Å²) in [6, 6.07) is -1.41. The Morgan fingerprint density at radius 3 is 2.61 bits per heavy atom. The van der Waals surface area contributed by atoms with Gasteiger partial charge in [-0.2, -0.15) is 0 Å². The highest BCUT2D eigenvalue weighted by molar-refractivity contribution is 5.82. The molecule has 18 heavy (non-hydrogen) atoms. The number of amides is 2. The Kier molecular flexibility index (Phi) is 4.70. The molecule has 0 fully saturated rings. The molecular weight excluding hydrogens is 236 g/mol. The quantitative estimate of drug-likeness (QED) is 0.705. The van der Waals surface area contributed by atoms with Crippen LogP contribution in [0.1, 0.15) is 19.7 Å². The lowest BCUT2D eigenvalue weighted by Gasteiger charge is -2.18. The van der Waals surface area contributed by atoms with Crippen LogP contribution in [0.25, 0.3) is 0 Å². The molecule has 0 aliphatic heterocycles. The van der Waals surface area contributed by atoms with Gasteiger partial charge in [-0.1, -0.05) is 13.8 Å². The number of imidazole rings is 1. The van der Waals surface area contributed by atoms with Crippen LogP contribution in [0.3, 0.4) is 0 Å². The fourth-order valence-corrected chi connectivity index (χ4v) is 1.43. The van der Waals surface area contributed by atoms with Gasteiger partial charge in [-0.25, -0.2) is 14.6 Å². The number of carbonyl (C=O) groups is 2. The molecule has 100 valence electrons. The third-order valence-electron chi connectivity index (χ3n) is 2.55. The average molecular weight is 254 g/mol. The second kappa shape index (κ2) is 6.04. The Labute approximate surface area is 105 Å². The summed E-state index contributed by atoms with van der Waals surface area (Å²) >= 11 is 0. The minimum absolute atomic E-state index is 0.179. The number of rotatable bonds is 5. The summed E-state index contributed by atoms with van der Waals surface area (Å²) in [5, 5.41) is 13.9. The largest absolute Gasteiger partial charge is 0.480 e. The minimum atomic E-state index is -1.04. The maximum Gasteiger partial charge on any atom is 0.326 e. The summed E-state index contributed by atoms with van der Waals surface area (Å²) in [5.41, 5.74) is 0. The van der Waals surface area contributed by atoms with Gasteiger partial charge in [-0.15, -0.1) is 0 Å². The zero-order valence-electron chi connectivity index (χ0n) is 10.7. The zero-order chi connectivity index (χ0) is 13.7. The first-order valence-corrected chi connectivity index (χ1v) is 5.65. The summed E-state index contributed by atoms with van der Waals surface area (Å²) in [6.07, 6.45) is 3.40. The highest BCUT2D eigenvalue weighted by Crippen LogP contribution is 2.01. The van der Waals surface area contributed by atoms with Gasteiger partial charge in [-0.3, -0.25) is 0 Å². The number of carboxylic acids is 1. The third kappa shape index (κ3) is 3.76. The molecule has 0 radical (unpaired) electrons. The molecule has 0 saturated carbocycles. The number of nitrogens with one attached hydrogen (secondary N) is 2. The van der Waals surface area contributed by atoms with Gasteiger partial charge >= 0.3 is 12.0 Å². The van der Waals surface area contributed by atoms with Crippen molar-refractivity contribution in [3.63, 3.8) is 0 Å². The molecule has 1 rings (SSSR count). The highest BCUT2D eigenvalue weighted by Gasteiger charge is 2.23. The molecule has 1 aromatic rings. The Balaban J connectivity index is 2.46. The summed E-state index contributed by atoms with van der Waals surface area (Å²) in [6.45, 7) is 3.72. The molecule has 7 heteroatoms. The summed E-state index contributed by atoms with van der Waals surface area (Å²) in [4.78, 5) is 26.5. The van der Waals surface area contributed by atoms with E-state index in [2.05, 4.69) is 15.6 Å². The van der Waals surface area contributed by atoms with Crippen LogP contribution in [0.4, 0.5) is 4.79 Å². The van der Waals surface area contributed by atoms with Crippen molar-refractivity contribution in [3.05, 3.63) is 18.2 Å². The minimum Gasteiger partial charge on any atom is -0.480 e. The summed E-state index contributed by atoms with van der Waals surface area (Å²) < 4.78 is 1.78. The number of hydrogen-bond donors (Lipinski definition) is 3. The van der Waals surface area contributed by atoms with Gasteiger partial charge in [0, 0.05) is 19.4 Å². The molecular formula is C11H18N4O3. The highest BCUT2D eigenvalue weighted by atomic mass is 16.4. The van der Waals surface area contributed by atoms with Crippen molar-refractivity contribution >= 4 is 12.0 Å². The van der Waals surface area contributed by atoms with Crippen LogP contribution in [0.15, 0.2) is 12.4 Å². The van der Waals surface area contributed by atoms with E-state index in [4.69, 9.17) is 5.11 Å². The molecule has 0 saturated heterocycles. The number of nitrogens with zero attached hydrogens (tertiary/aromatic N) is 2. The first kappa shape index (κ1) is 14.0. The van der Waals surface area contributed by atoms with Gasteiger partial charge in [0.1, 0.15) is 11.9 Å². The fourth-order valence-electron chi connectivity index (χ4n) is 1.43. The summed E-state index contributed by atoms with van der Waals surface area (Å²) in [7, 11) is 1.82. The van der Waals surface area contributed by atoms with Gasteiger partial charge in [0.15, 0.2) is 0 Å². The molecule has 1 aromatic heterocycles. The van der Waals surface area contributed by atoms with E-state index in [-0.39, 0.29) is 12.5 Å². The van der Waals surface area contributed by atoms with E-state index >= 15 is 0 Å². The Hall–Kier alpha value is -2.05. The predicted octanol–water partition coefficient (Wildman–Crippen LogP) is 0.328. The molecule has 0 spiro atoms. The van der Waals surface area contributed by atoms with Crippen LogP contribution in [0, 0.1) is 5.92 Å². The van der Waals surface area contributed by atoms with E-state index in [0.29, 0.717) is 5.82 Å². The van der Waals surface area contributed by atoms with E-state index in [1.807, 2.05) is 7.05 Å². The van der Waals surface area contributed by atoms with Crippen LogP contribution in [0.2, 0.25) is 0 Å². The number of aryl methyl sites for hydroxylation is 1. The van der Waals surface area contributed by atoms with E-state index in [1.54, 1.807) is 30.8 Å². The van der Waals surface area contributed by atoms with Crippen LogP contribution in [-0.4, -0.2) is 32.7 Å². The predicted molar refractivity (Wildman–Crippen MR) is 64.8 cm³/mol. The standard InChI is InChI=1S/C11H18N4O3/c1-7(2)9(10(16)17)14-11(18)13-6-8-12-4-5-15(8)3/h4-5,7,9H,6H2,1-3H3,(H,16,17)(H2,13,14,18)/t9-/m1/s1. The average Bonchev–Trinajstić information content (AvgIpc) is 2.68. The number of aromatic nitrogens is 2. The van der Waals surface area contributed by atoms with Crippen LogP contribution in [0.5, 0.6) is 0 Å². The molecule has 0 aliphatic carbocycles. The third-order valence-corrected chi connectivity index (χ3v) is 2.55. The van der Waals surface area contributed by atoms with Crippen molar-refractivity contribution < 1.29 is 14.7 Å². The SMILES string of the molecule is CC(C)[C@@H](NC(=O)NCc1nccn1C)C(=O)O. The Bertz CT molecular complexity index is 428. The van der Waals surface area contributed by atoms with Crippen molar-refractivity contribution in [3.8, 4) is 0 Å². The van der Waals surface area contributed by atoms with Gasteiger partial charge in [0.25, 0.3) is 0 Å². The van der Waals surface area contributed by atoms with Gasteiger partial charge < -0.3 is 20.3 Å². The van der Waals surface area contributed by atoms with Crippen molar-refractivity contribution in [1.82, 2.24) is 20.2 Å². The lowest BCUT2D eigenvalue weighted by Crippen LogP contribution is -2.48. The van der Waals surface area contributed by atoms with Crippen molar-refractivity contribution in [2.24, 2.45) is 13.0 Å². The van der Waals surface area contributed by atoms with Crippen LogP contribution >= 0.6 is 0 Å². The summed E-state index contributed by atoms with van der Waals surface area (Å²) in [5.74, 6) is -0.528. The van der Waals surface area contributed by atoms with E-state index < -0.39 is 18.0 Å². The number of carbonyl (C=O) groups excluding carboxylic acids is 1. The Morgan fingerprint density at radius 2 is 2.17 bits per heavy atom. The second-order valence-electron chi connectivity index (χ2n) is 4.34.